The highest BCUT2D eigenvalue weighted by Gasteiger charge is 2.17. The van der Waals surface area contributed by atoms with E-state index in [2.05, 4.69) is 15.0 Å². The van der Waals surface area contributed by atoms with Crippen molar-refractivity contribution >= 4 is 21.7 Å². The van der Waals surface area contributed by atoms with E-state index in [0.29, 0.717) is 17.8 Å². The molecule has 1 amide bonds. The van der Waals surface area contributed by atoms with Crippen molar-refractivity contribution in [2.24, 2.45) is 0 Å². The lowest BCUT2D eigenvalue weighted by Crippen LogP contribution is -2.32. The Labute approximate surface area is 142 Å². The minimum absolute atomic E-state index is 0.132. The van der Waals surface area contributed by atoms with Gasteiger partial charge in [0.25, 0.3) is 5.91 Å². The molecule has 2 aromatic rings. The molecule has 2 N–H and O–H groups in total. The van der Waals surface area contributed by atoms with Gasteiger partial charge in [-0.25, -0.2) is 18.1 Å². The number of rotatable bonds is 6. The van der Waals surface area contributed by atoms with E-state index in [9.17, 15) is 13.2 Å². The van der Waals surface area contributed by atoms with Crippen LogP contribution in [0.5, 0.6) is 0 Å². The SMILES string of the molecule is CC[C@@H](C)NS(=O)(=O)c1ccc(C(=O)Nc2cccc(C)n2)cc1. The van der Waals surface area contributed by atoms with Gasteiger partial charge in [-0.15, -0.1) is 0 Å². The third-order valence-electron chi connectivity index (χ3n) is 3.53. The second kappa shape index (κ2) is 7.55. The lowest BCUT2D eigenvalue weighted by Gasteiger charge is -2.12. The van der Waals surface area contributed by atoms with Crippen LogP contribution in [0.4, 0.5) is 5.82 Å². The van der Waals surface area contributed by atoms with Crippen LogP contribution in [-0.2, 0) is 10.0 Å². The lowest BCUT2D eigenvalue weighted by atomic mass is 10.2. The van der Waals surface area contributed by atoms with Gasteiger partial charge < -0.3 is 5.32 Å². The molecule has 0 saturated heterocycles. The van der Waals surface area contributed by atoms with Gasteiger partial charge in [-0.3, -0.25) is 4.79 Å². The molecule has 7 heteroatoms. The Bertz CT molecular complexity index is 817. The van der Waals surface area contributed by atoms with E-state index in [1.54, 1.807) is 19.1 Å². The average Bonchev–Trinajstić information content (AvgIpc) is 2.54. The zero-order valence-corrected chi connectivity index (χ0v) is 14.7. The van der Waals surface area contributed by atoms with E-state index in [0.717, 1.165) is 5.69 Å². The van der Waals surface area contributed by atoms with Crippen molar-refractivity contribution in [2.75, 3.05) is 5.32 Å². The number of nitrogens with zero attached hydrogens (tertiary/aromatic N) is 1. The summed E-state index contributed by atoms with van der Waals surface area (Å²) in [4.78, 5) is 16.5. The highest BCUT2D eigenvalue weighted by atomic mass is 32.2. The molecule has 1 atom stereocenters. The van der Waals surface area contributed by atoms with Crippen LogP contribution in [0.25, 0.3) is 0 Å². The fourth-order valence-corrected chi connectivity index (χ4v) is 3.33. The number of carbonyl (C=O) groups is 1. The summed E-state index contributed by atoms with van der Waals surface area (Å²) in [5, 5.41) is 2.68. The maximum Gasteiger partial charge on any atom is 0.256 e. The molecule has 0 aliphatic heterocycles. The number of pyridine rings is 1. The summed E-state index contributed by atoms with van der Waals surface area (Å²) in [6.07, 6.45) is 0.698. The van der Waals surface area contributed by atoms with Crippen LogP contribution < -0.4 is 10.0 Å². The van der Waals surface area contributed by atoms with Crippen LogP contribution >= 0.6 is 0 Å². The summed E-state index contributed by atoms with van der Waals surface area (Å²) in [6.45, 7) is 5.54. The van der Waals surface area contributed by atoms with Gasteiger partial charge in [0.1, 0.15) is 5.82 Å². The zero-order chi connectivity index (χ0) is 17.7. The molecule has 0 aliphatic rings. The predicted octanol–water partition coefficient (Wildman–Crippen LogP) is 2.72. The van der Waals surface area contributed by atoms with Gasteiger partial charge in [0.2, 0.25) is 10.0 Å². The summed E-state index contributed by atoms with van der Waals surface area (Å²) < 4.78 is 27.0. The maximum absolute atomic E-state index is 12.2. The number of hydrogen-bond donors (Lipinski definition) is 2. The van der Waals surface area contributed by atoms with Crippen LogP contribution in [0.2, 0.25) is 0 Å². The number of benzene rings is 1. The fourth-order valence-electron chi connectivity index (χ4n) is 2.00. The molecular formula is C17H21N3O3S. The lowest BCUT2D eigenvalue weighted by molar-refractivity contribution is 0.102. The summed E-state index contributed by atoms with van der Waals surface area (Å²) in [7, 11) is -3.57. The van der Waals surface area contributed by atoms with E-state index in [-0.39, 0.29) is 16.8 Å². The minimum atomic E-state index is -3.57. The van der Waals surface area contributed by atoms with Crippen molar-refractivity contribution in [3.63, 3.8) is 0 Å². The zero-order valence-electron chi connectivity index (χ0n) is 13.9. The Kier molecular flexibility index (Phi) is 5.69. The number of amides is 1. The van der Waals surface area contributed by atoms with E-state index >= 15 is 0 Å². The van der Waals surface area contributed by atoms with E-state index in [1.165, 1.54) is 24.3 Å². The highest BCUT2D eigenvalue weighted by Crippen LogP contribution is 2.13. The molecule has 6 nitrogen and oxygen atoms in total. The van der Waals surface area contributed by atoms with Crippen molar-refractivity contribution in [3.05, 3.63) is 53.7 Å². The maximum atomic E-state index is 12.2. The van der Waals surface area contributed by atoms with E-state index < -0.39 is 10.0 Å². The Hall–Kier alpha value is -2.25. The van der Waals surface area contributed by atoms with Gasteiger partial charge >= 0.3 is 0 Å². The molecule has 1 aromatic heterocycles. The number of hydrogen-bond acceptors (Lipinski definition) is 4. The standard InChI is InChI=1S/C17H21N3O3S/c1-4-12(2)20-24(22,23)15-10-8-14(9-11-15)17(21)19-16-7-5-6-13(3)18-16/h5-12,20H,4H2,1-3H3,(H,18,19,21)/t12-/m1/s1. The quantitative estimate of drug-likeness (QED) is 0.841. The van der Waals surface area contributed by atoms with Crippen LogP contribution in [0, 0.1) is 6.92 Å². The summed E-state index contributed by atoms with van der Waals surface area (Å²) in [5.41, 5.74) is 1.16. The summed E-state index contributed by atoms with van der Waals surface area (Å²) >= 11 is 0. The molecule has 2 rings (SSSR count). The van der Waals surface area contributed by atoms with Gasteiger partial charge in [0, 0.05) is 17.3 Å². The Balaban J connectivity index is 2.12. The average molecular weight is 347 g/mol. The monoisotopic (exact) mass is 347 g/mol. The van der Waals surface area contributed by atoms with Gasteiger partial charge in [0.15, 0.2) is 0 Å². The first-order valence-electron chi connectivity index (χ1n) is 7.69. The van der Waals surface area contributed by atoms with Crippen molar-refractivity contribution < 1.29 is 13.2 Å². The highest BCUT2D eigenvalue weighted by molar-refractivity contribution is 7.89. The topological polar surface area (TPSA) is 88.2 Å². The normalized spacial score (nSPS) is 12.6. The van der Waals surface area contributed by atoms with Gasteiger partial charge in [-0.05, 0) is 56.7 Å². The number of carbonyl (C=O) groups excluding carboxylic acids is 1. The molecule has 1 aromatic carbocycles. The van der Waals surface area contributed by atoms with Crippen LogP contribution in [0.1, 0.15) is 36.3 Å². The molecule has 0 spiro atoms. The van der Waals surface area contributed by atoms with Crippen molar-refractivity contribution in [2.45, 2.75) is 38.1 Å². The first-order chi connectivity index (χ1) is 11.3. The number of sulfonamides is 1. The first kappa shape index (κ1) is 18.1. The Morgan fingerprint density at radius 2 is 1.83 bits per heavy atom. The molecule has 0 fully saturated rings. The third-order valence-corrected chi connectivity index (χ3v) is 5.13. The third kappa shape index (κ3) is 4.62. The number of aryl methyl sites for hydroxylation is 1. The Morgan fingerprint density at radius 1 is 1.17 bits per heavy atom. The van der Waals surface area contributed by atoms with Crippen molar-refractivity contribution in [3.8, 4) is 0 Å². The Morgan fingerprint density at radius 3 is 2.42 bits per heavy atom. The smallest absolute Gasteiger partial charge is 0.256 e. The van der Waals surface area contributed by atoms with Gasteiger partial charge in [-0.2, -0.15) is 0 Å². The fraction of sp³-hybridized carbons (Fsp3) is 0.294. The molecular weight excluding hydrogens is 326 g/mol. The molecule has 0 bridgehead atoms. The number of nitrogens with one attached hydrogen (secondary N) is 2. The molecule has 0 aliphatic carbocycles. The minimum Gasteiger partial charge on any atom is -0.307 e. The molecule has 0 unspecified atom stereocenters. The number of aromatic nitrogens is 1. The predicted molar refractivity (Wildman–Crippen MR) is 93.4 cm³/mol. The molecule has 24 heavy (non-hydrogen) atoms. The largest absolute Gasteiger partial charge is 0.307 e. The van der Waals surface area contributed by atoms with E-state index in [1.807, 2.05) is 19.9 Å². The van der Waals surface area contributed by atoms with E-state index in [4.69, 9.17) is 0 Å². The summed E-state index contributed by atoms with van der Waals surface area (Å²) in [5.74, 6) is 0.113. The molecule has 1 heterocycles. The molecule has 128 valence electrons. The summed E-state index contributed by atoms with van der Waals surface area (Å²) in [6, 6.07) is 11.0. The molecule has 0 radical (unpaired) electrons. The van der Waals surface area contributed by atoms with Crippen LogP contribution in [0.3, 0.4) is 0 Å². The number of anilines is 1. The van der Waals surface area contributed by atoms with Crippen molar-refractivity contribution in [1.82, 2.24) is 9.71 Å². The second-order valence-corrected chi connectivity index (χ2v) is 7.29. The second-order valence-electron chi connectivity index (χ2n) is 5.57. The van der Waals surface area contributed by atoms with Gasteiger partial charge in [0.05, 0.1) is 4.90 Å². The van der Waals surface area contributed by atoms with Crippen molar-refractivity contribution in [1.29, 1.82) is 0 Å². The first-order valence-corrected chi connectivity index (χ1v) is 9.17. The molecule has 0 saturated carbocycles. The van der Waals surface area contributed by atoms with Crippen LogP contribution in [-0.4, -0.2) is 25.4 Å². The van der Waals surface area contributed by atoms with Gasteiger partial charge in [-0.1, -0.05) is 13.0 Å². The van der Waals surface area contributed by atoms with Crippen LogP contribution in [0.15, 0.2) is 47.4 Å².